The van der Waals surface area contributed by atoms with Gasteiger partial charge in [0.05, 0.1) is 0 Å². The summed E-state index contributed by atoms with van der Waals surface area (Å²) in [7, 11) is 0. The lowest BCUT2D eigenvalue weighted by Gasteiger charge is -2.69. The van der Waals surface area contributed by atoms with Crippen LogP contribution in [0, 0.1) is 51.2 Å². The van der Waals surface area contributed by atoms with E-state index in [1.54, 1.807) is 32.1 Å². The molecule has 9 atom stereocenters. The van der Waals surface area contributed by atoms with Crippen molar-refractivity contribution in [3.8, 4) is 0 Å². The van der Waals surface area contributed by atoms with E-state index in [-0.39, 0.29) is 0 Å². The molecule has 0 aromatic carbocycles. The second-order valence-corrected chi connectivity index (χ2v) is 10.1. The first-order chi connectivity index (χ1) is 9.35. The van der Waals surface area contributed by atoms with E-state index in [2.05, 4.69) is 34.6 Å². The minimum atomic E-state index is 0.621. The molecule has 20 heavy (non-hydrogen) atoms. The molecule has 0 nitrogen and oxygen atoms in total. The van der Waals surface area contributed by atoms with Gasteiger partial charge in [-0.1, -0.05) is 34.6 Å². The van der Waals surface area contributed by atoms with Crippen molar-refractivity contribution in [2.75, 3.05) is 0 Å². The topological polar surface area (TPSA) is 0 Å². The van der Waals surface area contributed by atoms with E-state index in [0.29, 0.717) is 10.8 Å². The molecule has 5 rings (SSSR count). The summed E-state index contributed by atoms with van der Waals surface area (Å²) < 4.78 is 0. The maximum Gasteiger partial charge on any atom is -0.0171 e. The van der Waals surface area contributed by atoms with Gasteiger partial charge in [-0.15, -0.1) is 0 Å². The zero-order chi connectivity index (χ0) is 14.1. The lowest BCUT2D eigenvalue weighted by Crippen LogP contribution is -2.63. The number of hydrogen-bond acceptors (Lipinski definition) is 0. The Balaban J connectivity index is 1.82. The molecule has 5 aliphatic carbocycles. The molecule has 0 aliphatic heterocycles. The van der Waals surface area contributed by atoms with Crippen LogP contribution in [0.15, 0.2) is 0 Å². The molecule has 5 fully saturated rings. The largest absolute Gasteiger partial charge is 0.0648 e. The predicted octanol–water partition coefficient (Wildman–Crippen LogP) is 5.52. The van der Waals surface area contributed by atoms with E-state index >= 15 is 0 Å². The highest BCUT2D eigenvalue weighted by atomic mass is 14.9. The zero-order valence-electron chi connectivity index (χ0n) is 14.1. The van der Waals surface area contributed by atoms with Gasteiger partial charge in [-0.2, -0.15) is 0 Å². The molecule has 0 aromatic heterocycles. The third kappa shape index (κ3) is 0.813. The van der Waals surface area contributed by atoms with E-state index in [4.69, 9.17) is 0 Å². The Kier molecular flexibility index (Phi) is 1.91. The minimum Gasteiger partial charge on any atom is -0.0648 e. The fourth-order valence-electron chi connectivity index (χ4n) is 9.64. The van der Waals surface area contributed by atoms with Crippen molar-refractivity contribution in [3.05, 3.63) is 0 Å². The van der Waals surface area contributed by atoms with Gasteiger partial charge in [-0.05, 0) is 89.8 Å². The van der Waals surface area contributed by atoms with Crippen LogP contribution in [0.25, 0.3) is 0 Å². The maximum atomic E-state index is 2.76. The lowest BCUT2D eigenvalue weighted by atomic mass is 9.35. The predicted molar refractivity (Wildman–Crippen MR) is 83.3 cm³/mol. The fraction of sp³-hybridized carbons (Fsp3) is 1.00. The van der Waals surface area contributed by atoms with Crippen molar-refractivity contribution in [3.63, 3.8) is 0 Å². The Bertz CT molecular complexity index is 494. The van der Waals surface area contributed by atoms with Crippen molar-refractivity contribution in [2.24, 2.45) is 51.2 Å². The van der Waals surface area contributed by atoms with Crippen molar-refractivity contribution in [2.45, 2.75) is 73.1 Å². The van der Waals surface area contributed by atoms with Crippen LogP contribution in [0.2, 0.25) is 0 Å². The SMILES string of the molecule is CCC1(C)C2CC3CC4CC5CC(C2)(C43C)C1(C)C5C. The first-order valence-corrected chi connectivity index (χ1v) is 9.35. The van der Waals surface area contributed by atoms with Gasteiger partial charge in [0.25, 0.3) is 0 Å². The van der Waals surface area contributed by atoms with Crippen molar-refractivity contribution in [1.29, 1.82) is 0 Å². The van der Waals surface area contributed by atoms with Crippen LogP contribution in [0.4, 0.5) is 0 Å². The first kappa shape index (κ1) is 12.5. The molecule has 9 unspecified atom stereocenters. The Hall–Kier alpha value is 0. The van der Waals surface area contributed by atoms with Crippen LogP contribution in [0.3, 0.4) is 0 Å². The Morgan fingerprint density at radius 1 is 0.900 bits per heavy atom. The molecule has 0 amide bonds. The molecule has 0 N–H and O–H groups in total. The van der Waals surface area contributed by atoms with Gasteiger partial charge in [-0.3, -0.25) is 0 Å². The van der Waals surface area contributed by atoms with E-state index in [9.17, 15) is 0 Å². The van der Waals surface area contributed by atoms with Gasteiger partial charge in [0, 0.05) is 0 Å². The Labute approximate surface area is 125 Å². The van der Waals surface area contributed by atoms with Crippen LogP contribution in [0.5, 0.6) is 0 Å². The first-order valence-electron chi connectivity index (χ1n) is 9.35. The van der Waals surface area contributed by atoms with E-state index < -0.39 is 0 Å². The molecule has 0 heterocycles. The molecule has 112 valence electrons. The Morgan fingerprint density at radius 3 is 2.25 bits per heavy atom. The summed E-state index contributed by atoms with van der Waals surface area (Å²) in [6.45, 7) is 13.4. The summed E-state index contributed by atoms with van der Waals surface area (Å²) in [4.78, 5) is 0. The summed E-state index contributed by atoms with van der Waals surface area (Å²) in [6, 6.07) is 0. The van der Waals surface area contributed by atoms with Crippen molar-refractivity contribution >= 4 is 0 Å². The molecule has 5 aliphatic rings. The number of hydrogen-bond donors (Lipinski definition) is 0. The third-order valence-electron chi connectivity index (χ3n) is 11.1. The quantitative estimate of drug-likeness (QED) is 0.589. The second-order valence-electron chi connectivity index (χ2n) is 10.1. The van der Waals surface area contributed by atoms with E-state index in [1.165, 1.54) is 6.42 Å². The standard InChI is InChI=1S/C20H32/c1-6-17(3)16-9-15-8-14-7-13-10-20(11-16,18(14,15)4)19(17,5)12(13)2/h12-16H,6-11H2,1-5H3. The van der Waals surface area contributed by atoms with Gasteiger partial charge in [0.2, 0.25) is 0 Å². The maximum absolute atomic E-state index is 2.76. The second kappa shape index (κ2) is 3.04. The normalized spacial score (nSPS) is 72.8. The molecule has 0 heteroatoms. The summed E-state index contributed by atoms with van der Waals surface area (Å²) in [5.74, 6) is 5.25. The highest BCUT2D eigenvalue weighted by molar-refractivity contribution is 5.32. The molecular formula is C20H32. The summed E-state index contributed by atoms with van der Waals surface area (Å²) >= 11 is 0. The minimum absolute atomic E-state index is 0.621. The highest BCUT2D eigenvalue weighted by Gasteiger charge is 2.84. The Morgan fingerprint density at radius 2 is 1.55 bits per heavy atom. The molecule has 0 saturated heterocycles. The van der Waals surface area contributed by atoms with Gasteiger partial charge < -0.3 is 0 Å². The van der Waals surface area contributed by atoms with Gasteiger partial charge in [0.1, 0.15) is 0 Å². The molecular weight excluding hydrogens is 240 g/mol. The smallest absolute Gasteiger partial charge is 0.0171 e. The van der Waals surface area contributed by atoms with E-state index in [0.717, 1.165) is 40.4 Å². The molecule has 1 spiro atoms. The van der Waals surface area contributed by atoms with Gasteiger partial charge in [-0.25, -0.2) is 0 Å². The van der Waals surface area contributed by atoms with Gasteiger partial charge in [0.15, 0.2) is 0 Å². The fourth-order valence-corrected chi connectivity index (χ4v) is 9.64. The van der Waals surface area contributed by atoms with Crippen LogP contribution < -0.4 is 0 Å². The average molecular weight is 272 g/mol. The molecule has 0 radical (unpaired) electrons. The van der Waals surface area contributed by atoms with Crippen molar-refractivity contribution in [1.82, 2.24) is 0 Å². The zero-order valence-corrected chi connectivity index (χ0v) is 14.1. The molecule has 5 saturated carbocycles. The molecule has 3 bridgehead atoms. The van der Waals surface area contributed by atoms with Crippen LogP contribution in [-0.2, 0) is 0 Å². The summed E-state index contributed by atoms with van der Waals surface area (Å²) in [5.41, 5.74) is 2.70. The highest BCUT2D eigenvalue weighted by Crippen LogP contribution is 2.91. The van der Waals surface area contributed by atoms with Crippen LogP contribution >= 0.6 is 0 Å². The molecule has 0 aromatic rings. The average Bonchev–Trinajstić information content (AvgIpc) is 2.72. The third-order valence-corrected chi connectivity index (χ3v) is 11.1. The van der Waals surface area contributed by atoms with Crippen molar-refractivity contribution < 1.29 is 0 Å². The summed E-state index contributed by atoms with van der Waals surface area (Å²) in [6.07, 6.45) is 9.36. The van der Waals surface area contributed by atoms with Crippen LogP contribution in [0.1, 0.15) is 73.1 Å². The number of fused-ring (bicyclic) bond motifs is 2. The monoisotopic (exact) mass is 272 g/mol. The lowest BCUT2D eigenvalue weighted by molar-refractivity contribution is -0.213. The van der Waals surface area contributed by atoms with E-state index in [1.807, 2.05) is 0 Å². The van der Waals surface area contributed by atoms with Gasteiger partial charge >= 0.3 is 0 Å². The number of rotatable bonds is 1. The van der Waals surface area contributed by atoms with Crippen LogP contribution in [-0.4, -0.2) is 0 Å². The summed E-state index contributed by atoms with van der Waals surface area (Å²) in [5, 5.41) is 0.